The van der Waals surface area contributed by atoms with Crippen molar-refractivity contribution in [1.29, 1.82) is 0 Å². The SMILES string of the molecule is Cc1cc(N(C)C)cc(C(=O)OCc2ccccc2)c1-c1c(C)cc(N(C)C)cc1C(=O)OCc1ccccc1. The van der Waals surface area contributed by atoms with E-state index in [9.17, 15) is 9.59 Å². The summed E-state index contributed by atoms with van der Waals surface area (Å²) in [6.07, 6.45) is 0. The lowest BCUT2D eigenvalue weighted by Crippen LogP contribution is -2.16. The van der Waals surface area contributed by atoms with Crippen molar-refractivity contribution in [2.45, 2.75) is 27.1 Å². The van der Waals surface area contributed by atoms with Crippen molar-refractivity contribution in [3.8, 4) is 11.1 Å². The Hall–Kier alpha value is -4.58. The van der Waals surface area contributed by atoms with E-state index < -0.39 is 11.9 Å². The smallest absolute Gasteiger partial charge is 0.339 e. The molecular formula is C34H36N2O4. The zero-order chi connectivity index (χ0) is 28.8. The van der Waals surface area contributed by atoms with Crippen molar-refractivity contribution in [3.05, 3.63) is 118 Å². The molecule has 0 heterocycles. The number of aryl methyl sites for hydroxylation is 2. The van der Waals surface area contributed by atoms with Gasteiger partial charge in [0, 0.05) is 50.7 Å². The second kappa shape index (κ2) is 12.5. The molecule has 0 atom stereocenters. The molecule has 206 valence electrons. The largest absolute Gasteiger partial charge is 0.457 e. The first-order valence-corrected chi connectivity index (χ1v) is 13.2. The van der Waals surface area contributed by atoms with Crippen LogP contribution in [0.2, 0.25) is 0 Å². The van der Waals surface area contributed by atoms with Crippen molar-refractivity contribution in [2.75, 3.05) is 38.0 Å². The number of hydrogen-bond donors (Lipinski definition) is 0. The average molecular weight is 537 g/mol. The third-order valence-electron chi connectivity index (χ3n) is 6.79. The number of esters is 2. The van der Waals surface area contributed by atoms with Crippen molar-refractivity contribution >= 4 is 23.3 Å². The lowest BCUT2D eigenvalue weighted by atomic mass is 9.87. The summed E-state index contributed by atoms with van der Waals surface area (Å²) in [7, 11) is 7.71. The Bertz CT molecular complexity index is 1380. The molecule has 0 bridgehead atoms. The van der Waals surface area contributed by atoms with E-state index in [2.05, 4.69) is 0 Å². The molecule has 0 radical (unpaired) electrons. The first kappa shape index (κ1) is 28.4. The maximum absolute atomic E-state index is 13.7. The van der Waals surface area contributed by atoms with Crippen LogP contribution in [0.3, 0.4) is 0 Å². The second-order valence-electron chi connectivity index (χ2n) is 10.3. The van der Waals surface area contributed by atoms with Crippen molar-refractivity contribution in [2.24, 2.45) is 0 Å². The summed E-state index contributed by atoms with van der Waals surface area (Å²) >= 11 is 0. The Morgan fingerprint density at radius 3 is 1.25 bits per heavy atom. The lowest BCUT2D eigenvalue weighted by molar-refractivity contribution is 0.0462. The lowest BCUT2D eigenvalue weighted by Gasteiger charge is -2.23. The molecule has 0 unspecified atom stereocenters. The van der Waals surface area contributed by atoms with Gasteiger partial charge in [0.2, 0.25) is 0 Å². The van der Waals surface area contributed by atoms with Crippen LogP contribution in [0.4, 0.5) is 11.4 Å². The molecule has 4 aromatic carbocycles. The fourth-order valence-electron chi connectivity index (χ4n) is 4.64. The van der Waals surface area contributed by atoms with E-state index in [0.29, 0.717) is 22.3 Å². The Balaban J connectivity index is 1.83. The van der Waals surface area contributed by atoms with E-state index in [4.69, 9.17) is 9.47 Å². The van der Waals surface area contributed by atoms with Gasteiger partial charge in [-0.3, -0.25) is 0 Å². The van der Waals surface area contributed by atoms with Crippen LogP contribution in [0.1, 0.15) is 43.0 Å². The highest BCUT2D eigenvalue weighted by Crippen LogP contribution is 2.38. The number of carbonyl (C=O) groups excluding carboxylic acids is 2. The topological polar surface area (TPSA) is 59.1 Å². The van der Waals surface area contributed by atoms with E-state index in [1.807, 2.05) is 137 Å². The standard InChI is InChI=1S/C34H36N2O4/c1-23-17-27(35(3)4)19-29(33(37)39-21-25-13-9-7-10-14-25)31(23)32-24(2)18-28(36(5)6)20-30(32)34(38)40-22-26-15-11-8-12-16-26/h7-20H,21-22H2,1-6H3. The third kappa shape index (κ3) is 6.52. The van der Waals surface area contributed by atoms with E-state index in [1.54, 1.807) is 0 Å². The van der Waals surface area contributed by atoms with Gasteiger partial charge in [-0.25, -0.2) is 9.59 Å². The summed E-state index contributed by atoms with van der Waals surface area (Å²) in [4.78, 5) is 31.2. The Kier molecular flexibility index (Phi) is 8.90. The van der Waals surface area contributed by atoms with Crippen LogP contribution < -0.4 is 9.80 Å². The van der Waals surface area contributed by atoms with Gasteiger partial charge in [-0.2, -0.15) is 0 Å². The van der Waals surface area contributed by atoms with Gasteiger partial charge in [0.15, 0.2) is 0 Å². The number of rotatable bonds is 9. The maximum Gasteiger partial charge on any atom is 0.339 e. The minimum Gasteiger partial charge on any atom is -0.457 e. The Morgan fingerprint density at radius 1 is 0.575 bits per heavy atom. The molecule has 0 saturated carbocycles. The number of ether oxygens (including phenoxy) is 2. The van der Waals surface area contributed by atoms with Crippen LogP contribution in [0.15, 0.2) is 84.9 Å². The van der Waals surface area contributed by atoms with Crippen LogP contribution in [0, 0.1) is 13.8 Å². The zero-order valence-corrected chi connectivity index (χ0v) is 24.0. The molecule has 0 aliphatic carbocycles. The molecule has 0 amide bonds. The molecule has 0 fully saturated rings. The first-order valence-electron chi connectivity index (χ1n) is 13.2. The van der Waals surface area contributed by atoms with Crippen LogP contribution in [-0.2, 0) is 22.7 Å². The third-order valence-corrected chi connectivity index (χ3v) is 6.79. The van der Waals surface area contributed by atoms with Crippen LogP contribution in [-0.4, -0.2) is 40.1 Å². The second-order valence-corrected chi connectivity index (χ2v) is 10.3. The summed E-state index contributed by atoms with van der Waals surface area (Å²) in [5, 5.41) is 0. The van der Waals surface area contributed by atoms with Gasteiger partial charge in [0.05, 0.1) is 11.1 Å². The highest BCUT2D eigenvalue weighted by atomic mass is 16.5. The number of nitrogens with zero attached hydrogens (tertiary/aromatic N) is 2. The molecule has 0 N–H and O–H groups in total. The average Bonchev–Trinajstić information content (AvgIpc) is 2.95. The fraction of sp³-hybridized carbons (Fsp3) is 0.235. The number of anilines is 2. The molecule has 0 spiro atoms. The maximum atomic E-state index is 13.7. The van der Waals surface area contributed by atoms with E-state index in [1.165, 1.54) is 0 Å². The Labute approximate surface area is 236 Å². The van der Waals surface area contributed by atoms with E-state index in [-0.39, 0.29) is 13.2 Å². The highest BCUT2D eigenvalue weighted by molar-refractivity contribution is 6.06. The van der Waals surface area contributed by atoms with Crippen molar-refractivity contribution in [1.82, 2.24) is 0 Å². The van der Waals surface area contributed by atoms with E-state index in [0.717, 1.165) is 33.6 Å². The summed E-state index contributed by atoms with van der Waals surface area (Å²) in [5.41, 5.74) is 7.37. The van der Waals surface area contributed by atoms with Gasteiger partial charge in [-0.05, 0) is 60.4 Å². The van der Waals surface area contributed by atoms with E-state index >= 15 is 0 Å². The molecule has 0 aliphatic rings. The number of hydrogen-bond acceptors (Lipinski definition) is 6. The van der Waals surface area contributed by atoms with Gasteiger partial charge in [-0.1, -0.05) is 60.7 Å². The highest BCUT2D eigenvalue weighted by Gasteiger charge is 2.26. The van der Waals surface area contributed by atoms with Crippen LogP contribution >= 0.6 is 0 Å². The van der Waals surface area contributed by atoms with Gasteiger partial charge >= 0.3 is 11.9 Å². The summed E-state index contributed by atoms with van der Waals surface area (Å²) in [5.74, 6) is -0.907. The molecule has 40 heavy (non-hydrogen) atoms. The number of carbonyl (C=O) groups is 2. The Morgan fingerprint density at radius 2 is 0.925 bits per heavy atom. The molecule has 4 rings (SSSR count). The predicted octanol–water partition coefficient (Wildman–Crippen LogP) is 6.82. The van der Waals surface area contributed by atoms with Gasteiger partial charge in [0.25, 0.3) is 0 Å². The van der Waals surface area contributed by atoms with Crippen LogP contribution in [0.25, 0.3) is 11.1 Å². The van der Waals surface area contributed by atoms with Crippen LogP contribution in [0.5, 0.6) is 0 Å². The van der Waals surface area contributed by atoms with Gasteiger partial charge < -0.3 is 19.3 Å². The quantitative estimate of drug-likeness (QED) is 0.219. The first-order chi connectivity index (χ1) is 19.2. The molecular weight excluding hydrogens is 500 g/mol. The van der Waals surface area contributed by atoms with Crippen molar-refractivity contribution in [3.63, 3.8) is 0 Å². The number of benzene rings is 4. The van der Waals surface area contributed by atoms with Gasteiger partial charge in [-0.15, -0.1) is 0 Å². The molecule has 4 aromatic rings. The zero-order valence-electron chi connectivity index (χ0n) is 24.0. The fourth-order valence-corrected chi connectivity index (χ4v) is 4.64. The minimum absolute atomic E-state index is 0.148. The summed E-state index contributed by atoms with van der Waals surface area (Å²) in [6, 6.07) is 26.8. The molecule has 0 saturated heterocycles. The summed E-state index contributed by atoms with van der Waals surface area (Å²) in [6.45, 7) is 4.20. The monoisotopic (exact) mass is 536 g/mol. The predicted molar refractivity (Wildman–Crippen MR) is 161 cm³/mol. The normalized spacial score (nSPS) is 10.7. The molecule has 0 aromatic heterocycles. The molecule has 6 heteroatoms. The summed E-state index contributed by atoms with van der Waals surface area (Å²) < 4.78 is 11.6. The van der Waals surface area contributed by atoms with Gasteiger partial charge in [0.1, 0.15) is 13.2 Å². The molecule has 0 aliphatic heterocycles. The minimum atomic E-state index is -0.453. The van der Waals surface area contributed by atoms with Crippen molar-refractivity contribution < 1.29 is 19.1 Å². The molecule has 6 nitrogen and oxygen atoms in total.